The summed E-state index contributed by atoms with van der Waals surface area (Å²) < 4.78 is 1.42. The molecule has 14 heavy (non-hydrogen) atoms. The minimum absolute atomic E-state index is 0.0187. The zero-order valence-electron chi connectivity index (χ0n) is 7.43. The highest BCUT2D eigenvalue weighted by Gasteiger charge is 2.24. The molecule has 72 valence electrons. The van der Waals surface area contributed by atoms with Gasteiger partial charge in [0.1, 0.15) is 0 Å². The summed E-state index contributed by atoms with van der Waals surface area (Å²) in [5.74, 6) is -0.0187. The van der Waals surface area contributed by atoms with Crippen LogP contribution in [0.15, 0.2) is 35.1 Å². The van der Waals surface area contributed by atoms with Crippen LogP contribution < -0.4 is 0 Å². The number of carbonyl (C=O) groups excluding carboxylic acids is 1. The van der Waals surface area contributed by atoms with E-state index in [1.807, 2.05) is 18.2 Å². The number of thioether (sulfide) groups is 1. The average Bonchev–Trinajstić information content (AvgIpc) is 2.45. The van der Waals surface area contributed by atoms with E-state index in [9.17, 15) is 4.79 Å². The Morgan fingerprint density at radius 3 is 3.07 bits per heavy atom. The second-order valence-corrected chi connectivity index (χ2v) is 4.49. The number of fused-ring (bicyclic) bond motifs is 1. The van der Waals surface area contributed by atoms with Crippen LogP contribution in [0.4, 0.5) is 0 Å². The van der Waals surface area contributed by atoms with Crippen molar-refractivity contribution in [3.63, 3.8) is 0 Å². The Kier molecular flexibility index (Phi) is 2.56. The zero-order chi connectivity index (χ0) is 10.1. The average molecular weight is 223 g/mol. The van der Waals surface area contributed by atoms with Gasteiger partial charge in [-0.3, -0.25) is 9.10 Å². The highest BCUT2D eigenvalue weighted by atomic mass is 32.2. The van der Waals surface area contributed by atoms with Gasteiger partial charge in [0.15, 0.2) is 0 Å². The highest BCUT2D eigenvalue weighted by Crippen LogP contribution is 2.28. The molecular weight excluding hydrogens is 214 g/mol. The monoisotopic (exact) mass is 223 g/mol. The number of rotatable bonds is 2. The Balaban J connectivity index is 2.41. The molecule has 1 heterocycles. The lowest BCUT2D eigenvalue weighted by Crippen LogP contribution is -2.11. The molecular formula is C10H9NOS2. The molecule has 0 unspecified atom stereocenters. The molecule has 0 atom stereocenters. The van der Waals surface area contributed by atoms with Crippen molar-refractivity contribution < 1.29 is 4.79 Å². The van der Waals surface area contributed by atoms with Crippen LogP contribution in [0.25, 0.3) is 0 Å². The first-order chi connectivity index (χ1) is 6.72. The molecule has 0 N–H and O–H groups in total. The van der Waals surface area contributed by atoms with Crippen LogP contribution in [0.5, 0.6) is 0 Å². The molecule has 1 aromatic rings. The van der Waals surface area contributed by atoms with Gasteiger partial charge in [0.05, 0.1) is 6.54 Å². The second-order valence-electron chi connectivity index (χ2n) is 2.97. The maximum absolute atomic E-state index is 11.6. The largest absolute Gasteiger partial charge is 0.281 e. The van der Waals surface area contributed by atoms with E-state index >= 15 is 0 Å². The predicted octanol–water partition coefficient (Wildman–Crippen LogP) is 2.72. The van der Waals surface area contributed by atoms with Gasteiger partial charge in [-0.05, 0) is 23.1 Å². The van der Waals surface area contributed by atoms with Crippen molar-refractivity contribution >= 4 is 30.5 Å². The number of hydrogen-bond donors (Lipinski definition) is 1. The van der Waals surface area contributed by atoms with Crippen molar-refractivity contribution in [2.24, 2.45) is 0 Å². The fraction of sp³-hybridized carbons (Fsp3) is 0.100. The maximum atomic E-state index is 11.6. The summed E-state index contributed by atoms with van der Waals surface area (Å²) in [4.78, 5) is 12.6. The van der Waals surface area contributed by atoms with Crippen LogP contribution in [0.2, 0.25) is 0 Å². The third-order valence-electron chi connectivity index (χ3n) is 2.09. The van der Waals surface area contributed by atoms with Crippen LogP contribution in [0.1, 0.15) is 15.9 Å². The standard InChI is InChI=1S/C10H9NOS2/c1-2-14-8-4-3-7-6-11(13)10(12)9(7)5-8/h2-5,13H,1,6H2. The molecule has 0 saturated carbocycles. The van der Waals surface area contributed by atoms with E-state index in [0.29, 0.717) is 6.54 Å². The summed E-state index contributed by atoms with van der Waals surface area (Å²) in [7, 11) is 0. The third-order valence-corrected chi connectivity index (χ3v) is 3.10. The molecule has 2 nitrogen and oxygen atoms in total. The summed E-state index contributed by atoms with van der Waals surface area (Å²) in [6, 6.07) is 5.85. The first-order valence-corrected chi connectivity index (χ1v) is 5.41. The van der Waals surface area contributed by atoms with E-state index in [0.717, 1.165) is 16.0 Å². The summed E-state index contributed by atoms with van der Waals surface area (Å²) >= 11 is 5.59. The lowest BCUT2D eigenvalue weighted by molar-refractivity contribution is 0.0891. The normalized spacial score (nSPS) is 14.4. The maximum Gasteiger partial charge on any atom is 0.264 e. The van der Waals surface area contributed by atoms with Gasteiger partial charge in [-0.2, -0.15) is 0 Å². The summed E-state index contributed by atoms with van der Waals surface area (Å²) in [6.45, 7) is 4.23. The molecule has 1 amide bonds. The van der Waals surface area contributed by atoms with Crippen molar-refractivity contribution in [1.29, 1.82) is 0 Å². The fourth-order valence-corrected chi connectivity index (χ4v) is 2.22. The van der Waals surface area contributed by atoms with Crippen molar-refractivity contribution in [3.8, 4) is 0 Å². The van der Waals surface area contributed by atoms with E-state index in [1.54, 1.807) is 5.41 Å². The Bertz CT molecular complexity index is 403. The topological polar surface area (TPSA) is 20.3 Å². The van der Waals surface area contributed by atoms with Gasteiger partial charge in [0, 0.05) is 10.5 Å². The summed E-state index contributed by atoms with van der Waals surface area (Å²) in [5, 5.41) is 1.75. The van der Waals surface area contributed by atoms with Crippen LogP contribution in [0, 0.1) is 0 Å². The molecule has 0 spiro atoms. The second kappa shape index (κ2) is 3.71. The van der Waals surface area contributed by atoms with Gasteiger partial charge in [-0.25, -0.2) is 0 Å². The van der Waals surface area contributed by atoms with Crippen LogP contribution >= 0.6 is 24.6 Å². The molecule has 4 heteroatoms. The Morgan fingerprint density at radius 2 is 2.36 bits per heavy atom. The summed E-state index contributed by atoms with van der Waals surface area (Å²) in [5.41, 5.74) is 1.80. The van der Waals surface area contributed by atoms with Gasteiger partial charge in [-0.15, -0.1) is 0 Å². The van der Waals surface area contributed by atoms with Crippen molar-refractivity contribution in [1.82, 2.24) is 4.31 Å². The molecule has 1 aromatic carbocycles. The molecule has 0 bridgehead atoms. The molecule has 0 aliphatic carbocycles. The van der Waals surface area contributed by atoms with E-state index in [2.05, 4.69) is 19.4 Å². The van der Waals surface area contributed by atoms with Crippen molar-refractivity contribution in [3.05, 3.63) is 41.3 Å². The lowest BCUT2D eigenvalue weighted by Gasteiger charge is -2.02. The summed E-state index contributed by atoms with van der Waals surface area (Å²) in [6.07, 6.45) is 0. The predicted molar refractivity (Wildman–Crippen MR) is 61.4 cm³/mol. The van der Waals surface area contributed by atoms with Crippen LogP contribution in [-0.2, 0) is 6.54 Å². The van der Waals surface area contributed by atoms with E-state index in [4.69, 9.17) is 0 Å². The minimum atomic E-state index is -0.0187. The van der Waals surface area contributed by atoms with E-state index in [1.165, 1.54) is 16.1 Å². The zero-order valence-corrected chi connectivity index (χ0v) is 9.15. The molecule has 0 saturated heterocycles. The lowest BCUT2D eigenvalue weighted by atomic mass is 10.1. The van der Waals surface area contributed by atoms with Crippen molar-refractivity contribution in [2.45, 2.75) is 11.4 Å². The Labute approximate surface area is 92.5 Å². The highest BCUT2D eigenvalue weighted by molar-refractivity contribution is 8.02. The van der Waals surface area contributed by atoms with Crippen LogP contribution in [-0.4, -0.2) is 10.2 Å². The molecule has 1 aliphatic rings. The molecule has 0 radical (unpaired) electrons. The molecule has 2 rings (SSSR count). The number of amides is 1. The molecule has 1 aliphatic heterocycles. The number of carbonyl (C=O) groups is 1. The van der Waals surface area contributed by atoms with E-state index < -0.39 is 0 Å². The van der Waals surface area contributed by atoms with Gasteiger partial charge in [0.2, 0.25) is 0 Å². The first kappa shape index (κ1) is 9.68. The minimum Gasteiger partial charge on any atom is -0.281 e. The number of thiol groups is 1. The molecule has 0 fully saturated rings. The quantitative estimate of drug-likeness (QED) is 0.614. The number of hydrogen-bond acceptors (Lipinski definition) is 3. The van der Waals surface area contributed by atoms with Crippen LogP contribution in [0.3, 0.4) is 0 Å². The Hall–Kier alpha value is -0.870. The molecule has 0 aromatic heterocycles. The third kappa shape index (κ3) is 1.55. The SMILES string of the molecule is C=CSc1ccc2c(c1)C(=O)N(S)C2. The smallest absolute Gasteiger partial charge is 0.264 e. The Morgan fingerprint density at radius 1 is 1.57 bits per heavy atom. The fourth-order valence-electron chi connectivity index (χ4n) is 1.43. The van der Waals surface area contributed by atoms with Gasteiger partial charge < -0.3 is 0 Å². The van der Waals surface area contributed by atoms with Gasteiger partial charge in [0.25, 0.3) is 5.91 Å². The van der Waals surface area contributed by atoms with Gasteiger partial charge in [-0.1, -0.05) is 37.2 Å². The van der Waals surface area contributed by atoms with Gasteiger partial charge >= 0.3 is 0 Å². The first-order valence-electron chi connectivity index (χ1n) is 4.13. The van der Waals surface area contributed by atoms with E-state index in [-0.39, 0.29) is 5.91 Å². The number of benzene rings is 1. The van der Waals surface area contributed by atoms with Crippen molar-refractivity contribution in [2.75, 3.05) is 0 Å². The number of nitrogens with zero attached hydrogens (tertiary/aromatic N) is 1.